The first-order valence-corrected chi connectivity index (χ1v) is 7.39. The number of carbonyl (C=O) groups excluding carboxylic acids is 1. The Morgan fingerprint density at radius 2 is 2.00 bits per heavy atom. The van der Waals surface area contributed by atoms with Crippen LogP contribution in [0.4, 0.5) is 0 Å². The Bertz CT molecular complexity index is 310. The molecule has 3 N–H and O–H groups in total. The van der Waals surface area contributed by atoms with Crippen LogP contribution < -0.4 is 5.73 Å². The first kappa shape index (κ1) is 13.6. The number of rotatable bonds is 4. The first-order chi connectivity index (χ1) is 7.36. The van der Waals surface area contributed by atoms with Gasteiger partial charge in [-0.3, -0.25) is 9.00 Å². The molecule has 0 unspecified atom stereocenters. The monoisotopic (exact) mass is 251 g/mol. The quantitative estimate of drug-likeness (QED) is 0.582. The van der Waals surface area contributed by atoms with E-state index in [4.69, 9.17) is 10.5 Å². The normalized spacial score (nSPS) is 20.7. The van der Waals surface area contributed by atoms with Gasteiger partial charge >= 0.3 is 0 Å². The number of hydrogen-bond acceptors (Lipinski definition) is 4. The minimum Gasteiger partial charge on any atom is -0.385 e. The summed E-state index contributed by atoms with van der Waals surface area (Å²) in [6, 6.07) is 0. The summed E-state index contributed by atoms with van der Waals surface area (Å²) in [5.41, 5.74) is 5.29. The zero-order valence-corrected chi connectivity index (χ0v) is 10.7. The number of nitrogens with two attached hydrogens (primary N) is 1. The fraction of sp³-hybridized carbons (Fsp3) is 0.900. The van der Waals surface area contributed by atoms with Crippen molar-refractivity contribution in [2.24, 2.45) is 5.73 Å². The molecule has 0 spiro atoms. The third-order valence-electron chi connectivity index (χ3n) is 3.54. The molecule has 1 fully saturated rings. The van der Waals surface area contributed by atoms with Crippen LogP contribution in [0.25, 0.3) is 0 Å². The Morgan fingerprint density at radius 3 is 2.38 bits per heavy atom. The third kappa shape index (κ3) is 2.14. The van der Waals surface area contributed by atoms with E-state index < -0.39 is 26.5 Å². The molecule has 5 nitrogen and oxygen atoms in total. The van der Waals surface area contributed by atoms with Crippen molar-refractivity contribution in [2.75, 3.05) is 19.2 Å². The predicted molar refractivity (Wildman–Crippen MR) is 63.7 cm³/mol. The van der Waals surface area contributed by atoms with Gasteiger partial charge in [0.1, 0.15) is 0 Å². The summed E-state index contributed by atoms with van der Waals surface area (Å²) in [5, 5.41) is 9.25. The molecule has 1 rings (SSSR count). The van der Waals surface area contributed by atoms with Crippen LogP contribution in [-0.2, 0) is 19.5 Å². The van der Waals surface area contributed by atoms with Crippen molar-refractivity contribution in [3.63, 3.8) is 0 Å². The first-order valence-electron chi connectivity index (χ1n) is 5.43. The largest absolute Gasteiger partial charge is 0.385 e. The van der Waals surface area contributed by atoms with E-state index >= 15 is 0 Å². The van der Waals surface area contributed by atoms with Gasteiger partial charge in [-0.05, 0) is 26.7 Å². The minimum atomic E-state index is -3.03. The summed E-state index contributed by atoms with van der Waals surface area (Å²) in [7, 11) is -3.03. The number of amides is 1. The van der Waals surface area contributed by atoms with Gasteiger partial charge in [0.25, 0.3) is 0 Å². The smallest absolute Gasteiger partial charge is 0.233 e. The number of carbonyl (C=O) groups is 1. The molecular formula is C10H21NO4S. The van der Waals surface area contributed by atoms with E-state index in [1.807, 2.05) is 0 Å². The summed E-state index contributed by atoms with van der Waals surface area (Å²) in [6.45, 7) is 4.18. The highest BCUT2D eigenvalue weighted by atomic mass is 32.2. The fourth-order valence-corrected chi connectivity index (χ4v) is 4.95. The lowest BCUT2D eigenvalue weighted by atomic mass is 10.2. The lowest BCUT2D eigenvalue weighted by molar-refractivity contribution is -0.119. The lowest BCUT2D eigenvalue weighted by Gasteiger charge is -2.42. The Labute approximate surface area is 96.8 Å². The summed E-state index contributed by atoms with van der Waals surface area (Å²) < 4.78 is 16.8. The van der Waals surface area contributed by atoms with Crippen LogP contribution in [-0.4, -0.2) is 44.4 Å². The topological polar surface area (TPSA) is 89.6 Å². The predicted octanol–water partition coefficient (Wildman–Crippen LogP) is -0.604. The van der Waals surface area contributed by atoms with Crippen molar-refractivity contribution in [3.8, 4) is 0 Å². The van der Waals surface area contributed by atoms with Crippen molar-refractivity contribution in [1.29, 1.82) is 0 Å². The molecule has 1 saturated heterocycles. The molecule has 0 aromatic heterocycles. The molecule has 1 heterocycles. The minimum absolute atomic E-state index is 0.159. The molecule has 0 radical (unpaired) electrons. The number of aliphatic hydroxyl groups excluding tert-OH is 1. The average molecular weight is 251 g/mol. The highest BCUT2D eigenvalue weighted by Gasteiger charge is 2.45. The number of thiol groups is 1. The van der Waals surface area contributed by atoms with E-state index in [-0.39, 0.29) is 5.25 Å². The number of ether oxygens (including phenoxy) is 1. The van der Waals surface area contributed by atoms with Gasteiger partial charge in [-0.25, -0.2) is 0 Å². The second kappa shape index (κ2) is 4.81. The SMILES string of the molecule is CC(C)(C(N)=O)[SH](=O)(CO)C1CCOCC1. The van der Waals surface area contributed by atoms with Gasteiger partial charge in [0.15, 0.2) is 0 Å². The second-order valence-electron chi connectivity index (χ2n) is 4.70. The maximum atomic E-state index is 12.8. The van der Waals surface area contributed by atoms with E-state index in [1.165, 1.54) is 0 Å². The van der Waals surface area contributed by atoms with Crippen LogP contribution in [0.15, 0.2) is 0 Å². The van der Waals surface area contributed by atoms with Crippen LogP contribution in [0.3, 0.4) is 0 Å². The fourth-order valence-electron chi connectivity index (χ4n) is 2.04. The van der Waals surface area contributed by atoms with Crippen LogP contribution in [0.1, 0.15) is 26.7 Å². The summed E-state index contributed by atoms with van der Waals surface area (Å²) in [5.74, 6) is -1.08. The Morgan fingerprint density at radius 1 is 1.50 bits per heavy atom. The molecule has 1 aliphatic heterocycles. The summed E-state index contributed by atoms with van der Waals surface area (Å²) >= 11 is 0. The molecule has 6 heteroatoms. The molecule has 1 aliphatic rings. The Balaban J connectivity index is 3.00. The maximum absolute atomic E-state index is 12.8. The lowest BCUT2D eigenvalue weighted by Crippen LogP contribution is -2.56. The summed E-state index contributed by atoms with van der Waals surface area (Å²) in [4.78, 5) is 11.4. The molecule has 0 aromatic carbocycles. The molecule has 96 valence electrons. The van der Waals surface area contributed by atoms with Crippen LogP contribution in [0.5, 0.6) is 0 Å². The van der Waals surface area contributed by atoms with Crippen LogP contribution in [0.2, 0.25) is 0 Å². The van der Waals surface area contributed by atoms with Crippen LogP contribution >= 0.6 is 0 Å². The van der Waals surface area contributed by atoms with Gasteiger partial charge in [-0.1, -0.05) is 9.93 Å². The standard InChI is InChI=1S/C10H21NO4S/c1-10(2,9(11)13)16(14,7-12)8-3-5-15-6-4-8/h8,12,16H,3-7H2,1-2H3,(H2,11,13). The van der Waals surface area contributed by atoms with Gasteiger partial charge in [0.2, 0.25) is 5.91 Å². The molecular weight excluding hydrogens is 230 g/mol. The molecule has 0 saturated carbocycles. The molecule has 0 bridgehead atoms. The van der Waals surface area contributed by atoms with E-state index in [9.17, 15) is 14.1 Å². The molecule has 0 atom stereocenters. The van der Waals surface area contributed by atoms with Gasteiger partial charge < -0.3 is 15.6 Å². The summed E-state index contributed by atoms with van der Waals surface area (Å²) in [6.07, 6.45) is 1.24. The van der Waals surface area contributed by atoms with Gasteiger partial charge in [-0.15, -0.1) is 0 Å². The number of primary amides is 1. The van der Waals surface area contributed by atoms with Crippen molar-refractivity contribution in [1.82, 2.24) is 0 Å². The van der Waals surface area contributed by atoms with Crippen molar-refractivity contribution < 1.29 is 18.8 Å². The number of hydrogen-bond donors (Lipinski definition) is 3. The van der Waals surface area contributed by atoms with E-state index in [1.54, 1.807) is 13.8 Å². The highest BCUT2D eigenvalue weighted by molar-refractivity contribution is 8.05. The highest BCUT2D eigenvalue weighted by Crippen LogP contribution is 2.33. The average Bonchev–Trinajstić information content (AvgIpc) is 2.28. The molecule has 0 aliphatic carbocycles. The van der Waals surface area contributed by atoms with Crippen molar-refractivity contribution in [2.45, 2.75) is 36.7 Å². The van der Waals surface area contributed by atoms with E-state index in [0.29, 0.717) is 26.1 Å². The van der Waals surface area contributed by atoms with Crippen molar-refractivity contribution >= 4 is 15.8 Å². The number of aliphatic hydroxyl groups is 1. The van der Waals surface area contributed by atoms with Gasteiger partial charge in [0, 0.05) is 18.5 Å². The van der Waals surface area contributed by atoms with Gasteiger partial charge in [0.05, 0.1) is 10.7 Å². The molecule has 0 aromatic rings. The third-order valence-corrected chi connectivity index (χ3v) is 7.77. The van der Waals surface area contributed by atoms with E-state index in [0.717, 1.165) is 0 Å². The second-order valence-corrected chi connectivity index (χ2v) is 8.43. The molecule has 1 amide bonds. The molecule has 16 heavy (non-hydrogen) atoms. The zero-order chi connectivity index (χ0) is 12.4. The van der Waals surface area contributed by atoms with E-state index in [2.05, 4.69) is 0 Å². The van der Waals surface area contributed by atoms with Gasteiger partial charge in [-0.2, -0.15) is 0 Å². The maximum Gasteiger partial charge on any atom is 0.233 e. The van der Waals surface area contributed by atoms with Crippen LogP contribution in [0, 0.1) is 0 Å². The Hall–Kier alpha value is -0.460. The Kier molecular flexibility index (Phi) is 4.09. The zero-order valence-electron chi connectivity index (χ0n) is 9.81. The van der Waals surface area contributed by atoms with Crippen molar-refractivity contribution in [3.05, 3.63) is 0 Å².